The van der Waals surface area contributed by atoms with Gasteiger partial charge in [0.2, 0.25) is 0 Å². The van der Waals surface area contributed by atoms with Gasteiger partial charge >= 0.3 is 6.18 Å². The molecular formula is C14H11BrF3NO2. The summed E-state index contributed by atoms with van der Waals surface area (Å²) in [6.07, 6.45) is -4.37. The van der Waals surface area contributed by atoms with Crippen molar-refractivity contribution in [1.82, 2.24) is 5.32 Å². The summed E-state index contributed by atoms with van der Waals surface area (Å²) >= 11 is 3.08. The van der Waals surface area contributed by atoms with E-state index < -0.39 is 23.7 Å². The highest BCUT2D eigenvalue weighted by Crippen LogP contribution is 2.29. The minimum atomic E-state index is -4.37. The van der Waals surface area contributed by atoms with E-state index in [-0.39, 0.29) is 5.76 Å². The molecule has 0 aliphatic rings. The standard InChI is InChI=1S/C14H11BrF3NO2/c1-8(19-13(20)11-6-7-12(15)21-11)9-2-4-10(5-3-9)14(16,17)18/h2-8H,1H3,(H,19,20)/t8-/m0/s1. The van der Waals surface area contributed by atoms with Crippen LogP contribution in [0.5, 0.6) is 0 Å². The molecule has 112 valence electrons. The maximum atomic E-state index is 12.5. The number of halogens is 4. The van der Waals surface area contributed by atoms with Crippen molar-refractivity contribution in [2.75, 3.05) is 0 Å². The second-order valence-corrected chi connectivity index (χ2v) is 5.20. The van der Waals surface area contributed by atoms with E-state index in [1.54, 1.807) is 13.0 Å². The first-order valence-electron chi connectivity index (χ1n) is 6.01. The summed E-state index contributed by atoms with van der Waals surface area (Å²) in [6, 6.07) is 7.29. The largest absolute Gasteiger partial charge is 0.444 e. The highest BCUT2D eigenvalue weighted by molar-refractivity contribution is 9.10. The fourth-order valence-corrected chi connectivity index (χ4v) is 2.05. The molecule has 0 saturated carbocycles. The van der Waals surface area contributed by atoms with Gasteiger partial charge in [-0.25, -0.2) is 0 Å². The molecule has 0 bridgehead atoms. The molecule has 21 heavy (non-hydrogen) atoms. The molecule has 0 radical (unpaired) electrons. The quantitative estimate of drug-likeness (QED) is 0.871. The Hall–Kier alpha value is -1.76. The number of nitrogens with one attached hydrogen (secondary N) is 1. The van der Waals surface area contributed by atoms with Gasteiger partial charge in [0.15, 0.2) is 10.4 Å². The lowest BCUT2D eigenvalue weighted by atomic mass is 10.1. The number of rotatable bonds is 3. The molecule has 1 heterocycles. The van der Waals surface area contributed by atoms with Crippen LogP contribution in [-0.2, 0) is 6.18 Å². The van der Waals surface area contributed by atoms with Crippen LogP contribution >= 0.6 is 15.9 Å². The van der Waals surface area contributed by atoms with E-state index in [0.29, 0.717) is 10.2 Å². The van der Waals surface area contributed by atoms with Crippen molar-refractivity contribution in [3.63, 3.8) is 0 Å². The molecule has 1 amide bonds. The average molecular weight is 362 g/mol. The van der Waals surface area contributed by atoms with Crippen molar-refractivity contribution in [2.24, 2.45) is 0 Å². The maximum Gasteiger partial charge on any atom is 0.416 e. The van der Waals surface area contributed by atoms with E-state index in [4.69, 9.17) is 4.42 Å². The number of carbonyl (C=O) groups is 1. The lowest BCUT2D eigenvalue weighted by Crippen LogP contribution is -2.26. The van der Waals surface area contributed by atoms with Crippen molar-refractivity contribution < 1.29 is 22.4 Å². The van der Waals surface area contributed by atoms with Gasteiger partial charge in [0.05, 0.1) is 11.6 Å². The first-order chi connectivity index (χ1) is 9.77. The molecule has 7 heteroatoms. The molecule has 0 aliphatic carbocycles. The topological polar surface area (TPSA) is 42.2 Å². The van der Waals surface area contributed by atoms with Crippen LogP contribution in [0.4, 0.5) is 13.2 Å². The Morgan fingerprint density at radius 2 is 1.81 bits per heavy atom. The fraction of sp³-hybridized carbons (Fsp3) is 0.214. The molecule has 1 N–H and O–H groups in total. The first-order valence-corrected chi connectivity index (χ1v) is 6.80. The zero-order valence-electron chi connectivity index (χ0n) is 10.9. The summed E-state index contributed by atoms with van der Waals surface area (Å²) in [5.41, 5.74) is -0.151. The third-order valence-electron chi connectivity index (χ3n) is 2.88. The molecule has 0 fully saturated rings. The van der Waals surface area contributed by atoms with Crippen LogP contribution in [0.15, 0.2) is 45.5 Å². The number of alkyl halides is 3. The van der Waals surface area contributed by atoms with Crippen LogP contribution in [0.25, 0.3) is 0 Å². The summed E-state index contributed by atoms with van der Waals surface area (Å²) in [4.78, 5) is 11.9. The second-order valence-electron chi connectivity index (χ2n) is 4.42. The molecule has 2 aromatic rings. The van der Waals surface area contributed by atoms with Crippen molar-refractivity contribution in [1.29, 1.82) is 0 Å². The van der Waals surface area contributed by atoms with E-state index >= 15 is 0 Å². The number of hydrogen-bond acceptors (Lipinski definition) is 2. The Bertz CT molecular complexity index is 634. The third-order valence-corrected chi connectivity index (χ3v) is 3.31. The van der Waals surface area contributed by atoms with E-state index in [9.17, 15) is 18.0 Å². The number of hydrogen-bond donors (Lipinski definition) is 1. The van der Waals surface area contributed by atoms with Crippen molar-refractivity contribution in [2.45, 2.75) is 19.1 Å². The lowest BCUT2D eigenvalue weighted by Gasteiger charge is -2.14. The van der Waals surface area contributed by atoms with Crippen LogP contribution in [0.3, 0.4) is 0 Å². The fourth-order valence-electron chi connectivity index (χ4n) is 1.75. The second kappa shape index (κ2) is 5.93. The van der Waals surface area contributed by atoms with Crippen LogP contribution in [0, 0.1) is 0 Å². The highest BCUT2D eigenvalue weighted by atomic mass is 79.9. The van der Waals surface area contributed by atoms with Gasteiger partial charge in [0.25, 0.3) is 5.91 Å². The molecule has 0 aliphatic heterocycles. The Kier molecular flexibility index (Phi) is 4.41. The summed E-state index contributed by atoms with van der Waals surface area (Å²) < 4.78 is 42.9. The van der Waals surface area contributed by atoms with Gasteiger partial charge in [0, 0.05) is 0 Å². The van der Waals surface area contributed by atoms with E-state index in [1.165, 1.54) is 18.2 Å². The van der Waals surface area contributed by atoms with Crippen LogP contribution in [-0.4, -0.2) is 5.91 Å². The molecule has 0 saturated heterocycles. The molecule has 2 rings (SSSR count). The summed E-state index contributed by atoms with van der Waals surface area (Å²) in [6.45, 7) is 1.68. The Balaban J connectivity index is 2.06. The molecular weight excluding hydrogens is 351 g/mol. The zero-order chi connectivity index (χ0) is 15.6. The van der Waals surface area contributed by atoms with Gasteiger partial charge in [-0.05, 0) is 52.7 Å². The van der Waals surface area contributed by atoms with Gasteiger partial charge < -0.3 is 9.73 Å². The number of amides is 1. The predicted molar refractivity (Wildman–Crippen MR) is 73.7 cm³/mol. The van der Waals surface area contributed by atoms with Crippen molar-refractivity contribution >= 4 is 21.8 Å². The normalized spacial score (nSPS) is 13.0. The monoisotopic (exact) mass is 361 g/mol. The van der Waals surface area contributed by atoms with Crippen LogP contribution in [0.2, 0.25) is 0 Å². The van der Waals surface area contributed by atoms with Crippen molar-refractivity contribution in [3.05, 3.63) is 58.0 Å². The average Bonchev–Trinajstić information content (AvgIpc) is 2.84. The Morgan fingerprint density at radius 1 is 1.19 bits per heavy atom. The maximum absolute atomic E-state index is 12.5. The summed E-state index contributed by atoms with van der Waals surface area (Å²) in [5.74, 6) is -0.311. The summed E-state index contributed by atoms with van der Waals surface area (Å²) in [5, 5.41) is 2.65. The van der Waals surface area contributed by atoms with Crippen molar-refractivity contribution in [3.8, 4) is 0 Å². The molecule has 1 aromatic heterocycles. The number of furan rings is 1. The van der Waals surface area contributed by atoms with Gasteiger partial charge in [-0.1, -0.05) is 12.1 Å². The molecule has 0 unspecified atom stereocenters. The van der Waals surface area contributed by atoms with Gasteiger partial charge in [-0.15, -0.1) is 0 Å². The highest BCUT2D eigenvalue weighted by Gasteiger charge is 2.30. The molecule has 0 spiro atoms. The van der Waals surface area contributed by atoms with E-state index in [0.717, 1.165) is 12.1 Å². The first kappa shape index (κ1) is 15.6. The predicted octanol–water partition coefficient (Wildman–Crippen LogP) is 4.55. The minimum Gasteiger partial charge on any atom is -0.444 e. The van der Waals surface area contributed by atoms with Gasteiger partial charge in [0.1, 0.15) is 0 Å². The Labute approximate surface area is 127 Å². The smallest absolute Gasteiger partial charge is 0.416 e. The van der Waals surface area contributed by atoms with Gasteiger partial charge in [-0.2, -0.15) is 13.2 Å². The summed E-state index contributed by atoms with van der Waals surface area (Å²) in [7, 11) is 0. The number of carbonyl (C=O) groups excluding carboxylic acids is 1. The SMILES string of the molecule is C[C@H](NC(=O)c1ccc(Br)o1)c1ccc(C(F)(F)F)cc1. The van der Waals surface area contributed by atoms with E-state index in [2.05, 4.69) is 21.2 Å². The molecule has 1 aromatic carbocycles. The molecule has 3 nitrogen and oxygen atoms in total. The molecule has 1 atom stereocenters. The number of benzene rings is 1. The Morgan fingerprint density at radius 3 is 2.29 bits per heavy atom. The van der Waals surface area contributed by atoms with Crippen LogP contribution < -0.4 is 5.32 Å². The minimum absolute atomic E-state index is 0.126. The van der Waals surface area contributed by atoms with Crippen LogP contribution in [0.1, 0.15) is 34.6 Å². The third kappa shape index (κ3) is 3.87. The van der Waals surface area contributed by atoms with Gasteiger partial charge in [-0.3, -0.25) is 4.79 Å². The lowest BCUT2D eigenvalue weighted by molar-refractivity contribution is -0.137. The zero-order valence-corrected chi connectivity index (χ0v) is 12.5. The van der Waals surface area contributed by atoms with E-state index in [1.807, 2.05) is 0 Å².